The molecule has 2 N–H and O–H groups in total. The number of carbonyl (C=O) groups excluding carboxylic acids is 2. The number of benzene rings is 3. The second kappa shape index (κ2) is 8.43. The van der Waals surface area contributed by atoms with Gasteiger partial charge in [-0.05, 0) is 23.6 Å². The molecule has 1 heterocycles. The molecule has 31 heavy (non-hydrogen) atoms. The number of amidine groups is 1. The van der Waals surface area contributed by atoms with Crippen LogP contribution in [0.5, 0.6) is 0 Å². The topological polar surface area (TPSA) is 70.6 Å². The summed E-state index contributed by atoms with van der Waals surface area (Å²) in [7, 11) is 0. The maximum absolute atomic E-state index is 13.1. The van der Waals surface area contributed by atoms with E-state index in [2.05, 4.69) is 15.6 Å². The first-order chi connectivity index (χ1) is 14.8. The van der Waals surface area contributed by atoms with Crippen LogP contribution < -0.4 is 10.6 Å². The van der Waals surface area contributed by atoms with Gasteiger partial charge in [0.25, 0.3) is 0 Å². The minimum Gasteiger partial charge on any atom is -0.325 e. The Morgan fingerprint density at radius 2 is 1.74 bits per heavy atom. The fraction of sp³-hybridized carbons (Fsp3) is 0.136. The van der Waals surface area contributed by atoms with E-state index >= 15 is 0 Å². The van der Waals surface area contributed by atoms with E-state index in [0.717, 1.165) is 28.6 Å². The number of anilines is 1. The molecule has 4 rings (SSSR count). The van der Waals surface area contributed by atoms with Crippen molar-refractivity contribution in [1.82, 2.24) is 5.32 Å². The summed E-state index contributed by atoms with van der Waals surface area (Å²) in [5.74, 6) is -0.845. The van der Waals surface area contributed by atoms with Gasteiger partial charge in [-0.15, -0.1) is 0 Å². The van der Waals surface area contributed by atoms with Crippen LogP contribution in [0.1, 0.15) is 12.0 Å². The monoisotopic (exact) mass is 443 g/mol. The van der Waals surface area contributed by atoms with E-state index in [1.54, 1.807) is 6.07 Å². The van der Waals surface area contributed by atoms with Crippen LogP contribution >= 0.6 is 11.8 Å². The minimum absolute atomic E-state index is 0.0321. The SMILES string of the molecule is O=C(CC1SC(=Nc2ccccc2C(F)(F)F)NC1=O)Nc1cccc2ccccc12. The van der Waals surface area contributed by atoms with Gasteiger partial charge in [0.1, 0.15) is 5.25 Å². The molecule has 1 unspecified atom stereocenters. The van der Waals surface area contributed by atoms with Crippen molar-refractivity contribution < 1.29 is 22.8 Å². The number of aliphatic imine (C=N–C) groups is 1. The van der Waals surface area contributed by atoms with Gasteiger partial charge in [0, 0.05) is 17.5 Å². The van der Waals surface area contributed by atoms with E-state index in [1.165, 1.54) is 18.2 Å². The lowest BCUT2D eigenvalue weighted by Gasteiger charge is -2.10. The average Bonchev–Trinajstić information content (AvgIpc) is 3.06. The van der Waals surface area contributed by atoms with Crippen LogP contribution in [0.25, 0.3) is 10.8 Å². The summed E-state index contributed by atoms with van der Waals surface area (Å²) in [6, 6.07) is 17.9. The van der Waals surface area contributed by atoms with Crippen molar-refractivity contribution in [2.45, 2.75) is 17.8 Å². The van der Waals surface area contributed by atoms with Crippen molar-refractivity contribution >= 4 is 50.9 Å². The van der Waals surface area contributed by atoms with E-state index in [4.69, 9.17) is 0 Å². The number of fused-ring (bicyclic) bond motifs is 1. The molecule has 0 saturated carbocycles. The van der Waals surface area contributed by atoms with Crippen LogP contribution in [-0.2, 0) is 15.8 Å². The van der Waals surface area contributed by atoms with E-state index < -0.39 is 22.9 Å². The Bertz CT molecular complexity index is 1190. The van der Waals surface area contributed by atoms with Gasteiger partial charge in [-0.25, -0.2) is 4.99 Å². The highest BCUT2D eigenvalue weighted by atomic mass is 32.2. The molecule has 1 atom stereocenters. The summed E-state index contributed by atoms with van der Waals surface area (Å²) in [6.07, 6.45) is -4.70. The number of nitrogens with one attached hydrogen (secondary N) is 2. The highest BCUT2D eigenvalue weighted by Crippen LogP contribution is 2.37. The Hall–Kier alpha value is -3.33. The molecule has 5 nitrogen and oxygen atoms in total. The van der Waals surface area contributed by atoms with Crippen LogP contribution in [0.4, 0.5) is 24.5 Å². The molecule has 2 amide bonds. The van der Waals surface area contributed by atoms with Crippen molar-refractivity contribution in [3.05, 3.63) is 72.3 Å². The normalized spacial score (nSPS) is 17.7. The number of carbonyl (C=O) groups is 2. The summed E-state index contributed by atoms with van der Waals surface area (Å²) in [6.45, 7) is 0. The molecule has 1 aliphatic rings. The lowest BCUT2D eigenvalue weighted by molar-refractivity contribution is -0.137. The first-order valence-electron chi connectivity index (χ1n) is 9.31. The number of hydrogen-bond donors (Lipinski definition) is 2. The van der Waals surface area contributed by atoms with Crippen molar-refractivity contribution in [3.63, 3.8) is 0 Å². The average molecular weight is 443 g/mol. The van der Waals surface area contributed by atoms with Crippen LogP contribution in [0.15, 0.2) is 71.7 Å². The Kier molecular flexibility index (Phi) is 5.69. The zero-order valence-corrected chi connectivity index (χ0v) is 16.8. The number of para-hydroxylation sites is 1. The third kappa shape index (κ3) is 4.72. The largest absolute Gasteiger partial charge is 0.418 e. The number of amides is 2. The lowest BCUT2D eigenvalue weighted by atomic mass is 10.1. The van der Waals surface area contributed by atoms with Crippen LogP contribution in [0, 0.1) is 0 Å². The smallest absolute Gasteiger partial charge is 0.325 e. The molecule has 0 spiro atoms. The van der Waals surface area contributed by atoms with Crippen LogP contribution in [0.3, 0.4) is 0 Å². The number of halogens is 3. The molecule has 0 aliphatic carbocycles. The molecule has 1 saturated heterocycles. The van der Waals surface area contributed by atoms with Crippen LogP contribution in [0.2, 0.25) is 0 Å². The Morgan fingerprint density at radius 3 is 2.55 bits per heavy atom. The third-order valence-electron chi connectivity index (χ3n) is 4.64. The van der Waals surface area contributed by atoms with Crippen LogP contribution in [-0.4, -0.2) is 22.2 Å². The second-order valence-electron chi connectivity index (χ2n) is 6.81. The van der Waals surface area contributed by atoms with Gasteiger partial charge in [-0.3, -0.25) is 9.59 Å². The number of nitrogens with zero attached hydrogens (tertiary/aromatic N) is 1. The number of hydrogen-bond acceptors (Lipinski definition) is 4. The summed E-state index contributed by atoms with van der Waals surface area (Å²) < 4.78 is 39.4. The summed E-state index contributed by atoms with van der Waals surface area (Å²) in [5.41, 5.74) is -0.562. The van der Waals surface area contributed by atoms with Gasteiger partial charge in [-0.1, -0.05) is 60.3 Å². The van der Waals surface area contributed by atoms with E-state index in [-0.39, 0.29) is 23.2 Å². The maximum Gasteiger partial charge on any atom is 0.418 e. The first kappa shape index (κ1) is 20.9. The Labute approximate surface area is 179 Å². The predicted octanol–water partition coefficient (Wildman–Crippen LogP) is 5.11. The third-order valence-corrected chi connectivity index (χ3v) is 5.72. The summed E-state index contributed by atoms with van der Waals surface area (Å²) in [4.78, 5) is 28.7. The summed E-state index contributed by atoms with van der Waals surface area (Å²) >= 11 is 0.937. The number of thioether (sulfide) groups is 1. The van der Waals surface area contributed by atoms with Gasteiger partial charge in [0.2, 0.25) is 11.8 Å². The first-order valence-corrected chi connectivity index (χ1v) is 10.2. The molecule has 3 aromatic rings. The van der Waals surface area contributed by atoms with Gasteiger partial charge < -0.3 is 10.6 Å². The van der Waals surface area contributed by atoms with Crippen molar-refractivity contribution in [2.75, 3.05) is 5.32 Å². The standard InChI is InChI=1S/C22H16F3N3O2S/c23-22(24,25)15-9-3-4-10-17(15)27-21-28-20(30)18(31-21)12-19(29)26-16-11-5-7-13-6-1-2-8-14(13)16/h1-11,18H,12H2,(H,26,29)(H,27,28,30). The zero-order valence-electron chi connectivity index (χ0n) is 15.9. The fourth-order valence-corrected chi connectivity index (χ4v) is 4.20. The molecular formula is C22H16F3N3O2S. The lowest BCUT2D eigenvalue weighted by Crippen LogP contribution is -2.28. The molecule has 158 valence electrons. The van der Waals surface area contributed by atoms with Gasteiger partial charge in [0.15, 0.2) is 5.17 Å². The van der Waals surface area contributed by atoms with Gasteiger partial charge in [0.05, 0.1) is 11.3 Å². The molecule has 1 aliphatic heterocycles. The number of rotatable bonds is 4. The van der Waals surface area contributed by atoms with E-state index in [9.17, 15) is 22.8 Å². The highest BCUT2D eigenvalue weighted by molar-refractivity contribution is 8.15. The van der Waals surface area contributed by atoms with Crippen molar-refractivity contribution in [3.8, 4) is 0 Å². The van der Waals surface area contributed by atoms with Crippen molar-refractivity contribution in [2.24, 2.45) is 4.99 Å². The Balaban J connectivity index is 1.47. The van der Waals surface area contributed by atoms with E-state index in [1.807, 2.05) is 36.4 Å². The highest BCUT2D eigenvalue weighted by Gasteiger charge is 2.35. The fourth-order valence-electron chi connectivity index (χ4n) is 3.22. The van der Waals surface area contributed by atoms with Gasteiger partial charge in [-0.2, -0.15) is 13.2 Å². The maximum atomic E-state index is 13.1. The molecule has 1 fully saturated rings. The second-order valence-corrected chi connectivity index (χ2v) is 8.00. The van der Waals surface area contributed by atoms with Crippen molar-refractivity contribution in [1.29, 1.82) is 0 Å². The molecular weight excluding hydrogens is 427 g/mol. The Morgan fingerprint density at radius 1 is 1.03 bits per heavy atom. The molecule has 0 aromatic heterocycles. The minimum atomic E-state index is -4.56. The molecule has 3 aromatic carbocycles. The predicted molar refractivity (Wildman–Crippen MR) is 115 cm³/mol. The number of alkyl halides is 3. The van der Waals surface area contributed by atoms with Gasteiger partial charge >= 0.3 is 6.18 Å². The quantitative estimate of drug-likeness (QED) is 0.589. The molecule has 0 bridgehead atoms. The molecule has 9 heteroatoms. The summed E-state index contributed by atoms with van der Waals surface area (Å²) in [5, 5.41) is 6.34. The van der Waals surface area contributed by atoms with E-state index in [0.29, 0.717) is 5.69 Å². The zero-order chi connectivity index (χ0) is 22.0. The molecule has 0 radical (unpaired) electrons.